The van der Waals surface area contributed by atoms with E-state index in [-0.39, 0.29) is 5.97 Å². The summed E-state index contributed by atoms with van der Waals surface area (Å²) in [5.41, 5.74) is 7.04. The molecule has 1 atom stereocenters. The Morgan fingerprint density at radius 2 is 2.06 bits per heavy atom. The molecule has 4 heteroatoms. The van der Waals surface area contributed by atoms with Gasteiger partial charge >= 0.3 is 5.97 Å². The number of likely N-dealkylation sites (N-methyl/N-ethyl adjacent to an activating group) is 1. The quantitative estimate of drug-likeness (QED) is 0.735. The highest BCUT2D eigenvalue weighted by Gasteiger charge is 2.16. The van der Waals surface area contributed by atoms with Gasteiger partial charge in [-0.1, -0.05) is 30.3 Å². The predicted molar refractivity (Wildman–Crippen MR) is 72.3 cm³/mol. The zero-order valence-electron chi connectivity index (χ0n) is 11.1. The van der Waals surface area contributed by atoms with Gasteiger partial charge in [0.05, 0.1) is 6.61 Å². The highest BCUT2D eigenvalue weighted by molar-refractivity contribution is 5.75. The second-order valence-corrected chi connectivity index (χ2v) is 4.36. The Hall–Kier alpha value is -1.39. The maximum atomic E-state index is 11.4. The van der Waals surface area contributed by atoms with E-state index in [1.807, 2.05) is 25.2 Å². The van der Waals surface area contributed by atoms with Crippen LogP contribution in [0.3, 0.4) is 0 Å². The third kappa shape index (κ3) is 5.29. The minimum Gasteiger partial charge on any atom is -0.465 e. The number of ether oxygens (including phenoxy) is 1. The number of carbonyl (C=O) groups excluding carboxylic acids is 1. The smallest absolute Gasteiger partial charge is 0.324 e. The van der Waals surface area contributed by atoms with Crippen LogP contribution in [-0.2, 0) is 16.0 Å². The molecule has 0 heterocycles. The average Bonchev–Trinajstić information content (AvgIpc) is 2.38. The van der Waals surface area contributed by atoms with E-state index in [4.69, 9.17) is 10.5 Å². The molecule has 0 saturated carbocycles. The van der Waals surface area contributed by atoms with Gasteiger partial charge in [-0.3, -0.25) is 4.79 Å². The van der Waals surface area contributed by atoms with Crippen molar-refractivity contribution >= 4 is 5.97 Å². The van der Waals surface area contributed by atoms with Gasteiger partial charge in [0.15, 0.2) is 0 Å². The molecule has 0 radical (unpaired) electrons. The Morgan fingerprint density at radius 1 is 1.39 bits per heavy atom. The molecule has 1 unspecified atom stereocenters. The lowest BCUT2D eigenvalue weighted by Crippen LogP contribution is -2.42. The number of carbonyl (C=O) groups is 1. The van der Waals surface area contributed by atoms with E-state index in [9.17, 15) is 4.79 Å². The molecule has 100 valence electrons. The van der Waals surface area contributed by atoms with Gasteiger partial charge in [-0.05, 0) is 26.0 Å². The molecule has 0 aromatic heterocycles. The molecule has 1 aromatic rings. The monoisotopic (exact) mass is 250 g/mol. The van der Waals surface area contributed by atoms with Crippen LogP contribution >= 0.6 is 0 Å². The molecule has 0 bridgehead atoms. The minimum atomic E-state index is -0.564. The average molecular weight is 250 g/mol. The summed E-state index contributed by atoms with van der Waals surface area (Å²) in [6.07, 6.45) is 0.951. The van der Waals surface area contributed by atoms with E-state index >= 15 is 0 Å². The lowest BCUT2D eigenvalue weighted by Gasteiger charge is -2.20. The second kappa shape index (κ2) is 7.84. The van der Waals surface area contributed by atoms with Crippen LogP contribution < -0.4 is 5.73 Å². The Balaban J connectivity index is 2.29. The van der Waals surface area contributed by atoms with Crippen LogP contribution in [0.25, 0.3) is 0 Å². The lowest BCUT2D eigenvalue weighted by atomic mass is 10.1. The van der Waals surface area contributed by atoms with E-state index in [2.05, 4.69) is 17.0 Å². The van der Waals surface area contributed by atoms with Crippen molar-refractivity contribution in [2.75, 3.05) is 26.7 Å². The largest absolute Gasteiger partial charge is 0.465 e. The first-order valence-corrected chi connectivity index (χ1v) is 6.28. The van der Waals surface area contributed by atoms with Crippen molar-refractivity contribution in [2.24, 2.45) is 5.73 Å². The normalized spacial score (nSPS) is 12.4. The molecule has 1 rings (SSSR count). The molecule has 0 aliphatic carbocycles. The minimum absolute atomic E-state index is 0.330. The van der Waals surface area contributed by atoms with Gasteiger partial charge in [-0.15, -0.1) is 0 Å². The molecular weight excluding hydrogens is 228 g/mol. The molecule has 0 amide bonds. The first-order chi connectivity index (χ1) is 8.63. The van der Waals surface area contributed by atoms with E-state index in [0.717, 1.165) is 13.0 Å². The topological polar surface area (TPSA) is 55.6 Å². The Bertz CT molecular complexity index is 354. The summed E-state index contributed by atoms with van der Waals surface area (Å²) in [7, 11) is 1.96. The molecule has 0 saturated heterocycles. The van der Waals surface area contributed by atoms with E-state index < -0.39 is 6.04 Å². The fourth-order valence-electron chi connectivity index (χ4n) is 1.72. The summed E-state index contributed by atoms with van der Waals surface area (Å²) in [5.74, 6) is -0.330. The summed E-state index contributed by atoms with van der Waals surface area (Å²) in [6.45, 7) is 3.55. The molecule has 0 aliphatic heterocycles. The second-order valence-electron chi connectivity index (χ2n) is 4.36. The van der Waals surface area contributed by atoms with Crippen molar-refractivity contribution in [2.45, 2.75) is 19.4 Å². The van der Waals surface area contributed by atoms with Crippen LogP contribution in [0.15, 0.2) is 30.3 Å². The summed E-state index contributed by atoms with van der Waals surface area (Å²) in [6, 6.07) is 9.69. The maximum Gasteiger partial charge on any atom is 0.324 e. The number of hydrogen-bond acceptors (Lipinski definition) is 4. The van der Waals surface area contributed by atoms with Gasteiger partial charge in [-0.25, -0.2) is 0 Å². The molecule has 0 fully saturated rings. The fourth-order valence-corrected chi connectivity index (χ4v) is 1.72. The fraction of sp³-hybridized carbons (Fsp3) is 0.500. The van der Waals surface area contributed by atoms with E-state index in [0.29, 0.717) is 13.2 Å². The first kappa shape index (κ1) is 14.7. The number of esters is 1. The van der Waals surface area contributed by atoms with Gasteiger partial charge in [-0.2, -0.15) is 0 Å². The van der Waals surface area contributed by atoms with Crippen molar-refractivity contribution in [1.82, 2.24) is 4.90 Å². The van der Waals surface area contributed by atoms with Crippen LogP contribution in [0, 0.1) is 0 Å². The van der Waals surface area contributed by atoms with Crippen molar-refractivity contribution in [3.05, 3.63) is 35.9 Å². The summed E-state index contributed by atoms with van der Waals surface area (Å²) >= 11 is 0. The van der Waals surface area contributed by atoms with Crippen LogP contribution in [-0.4, -0.2) is 43.7 Å². The zero-order valence-corrected chi connectivity index (χ0v) is 11.1. The lowest BCUT2D eigenvalue weighted by molar-refractivity contribution is -0.145. The first-order valence-electron chi connectivity index (χ1n) is 6.28. The van der Waals surface area contributed by atoms with Crippen molar-refractivity contribution in [3.63, 3.8) is 0 Å². The van der Waals surface area contributed by atoms with E-state index in [1.54, 1.807) is 6.92 Å². The maximum absolute atomic E-state index is 11.4. The molecule has 0 aliphatic rings. The molecule has 4 nitrogen and oxygen atoms in total. The third-order valence-electron chi connectivity index (χ3n) is 2.72. The summed E-state index contributed by atoms with van der Waals surface area (Å²) in [4.78, 5) is 13.4. The predicted octanol–water partition coefficient (Wildman–Crippen LogP) is 1.05. The van der Waals surface area contributed by atoms with Gasteiger partial charge < -0.3 is 15.4 Å². The number of hydrogen-bond donors (Lipinski definition) is 1. The van der Waals surface area contributed by atoms with Gasteiger partial charge in [0, 0.05) is 13.1 Å². The Kier molecular flexibility index (Phi) is 6.39. The van der Waals surface area contributed by atoms with Crippen LogP contribution in [0.5, 0.6) is 0 Å². The zero-order chi connectivity index (χ0) is 13.4. The highest BCUT2D eigenvalue weighted by atomic mass is 16.5. The van der Waals surface area contributed by atoms with Gasteiger partial charge in [0.2, 0.25) is 0 Å². The summed E-state index contributed by atoms with van der Waals surface area (Å²) in [5, 5.41) is 0. The van der Waals surface area contributed by atoms with E-state index in [1.165, 1.54) is 5.56 Å². The number of nitrogens with two attached hydrogens (primary N) is 1. The van der Waals surface area contributed by atoms with Gasteiger partial charge in [0.1, 0.15) is 6.04 Å². The summed E-state index contributed by atoms with van der Waals surface area (Å²) < 4.78 is 4.88. The van der Waals surface area contributed by atoms with Crippen molar-refractivity contribution < 1.29 is 9.53 Å². The Labute approximate surface area is 109 Å². The van der Waals surface area contributed by atoms with Crippen LogP contribution in [0.1, 0.15) is 12.5 Å². The third-order valence-corrected chi connectivity index (χ3v) is 2.72. The van der Waals surface area contributed by atoms with Crippen LogP contribution in [0.4, 0.5) is 0 Å². The molecule has 2 N–H and O–H groups in total. The van der Waals surface area contributed by atoms with Gasteiger partial charge in [0.25, 0.3) is 0 Å². The van der Waals surface area contributed by atoms with Crippen molar-refractivity contribution in [1.29, 1.82) is 0 Å². The number of nitrogens with zero attached hydrogens (tertiary/aromatic N) is 1. The Morgan fingerprint density at radius 3 is 2.67 bits per heavy atom. The SMILES string of the molecule is CCOC(=O)C(N)CN(C)CCc1ccccc1. The van der Waals surface area contributed by atoms with Crippen molar-refractivity contribution in [3.8, 4) is 0 Å². The molecule has 18 heavy (non-hydrogen) atoms. The number of benzene rings is 1. The number of rotatable bonds is 7. The molecule has 1 aromatic carbocycles. The standard InChI is InChI=1S/C14H22N2O2/c1-3-18-14(17)13(15)11-16(2)10-9-12-7-5-4-6-8-12/h4-8,13H,3,9-11,15H2,1-2H3. The highest BCUT2D eigenvalue weighted by Crippen LogP contribution is 2.01. The molecular formula is C14H22N2O2. The molecule has 0 spiro atoms. The van der Waals surface area contributed by atoms with Crippen LogP contribution in [0.2, 0.25) is 0 Å².